The van der Waals surface area contributed by atoms with Gasteiger partial charge in [0.25, 0.3) is 0 Å². The zero-order chi connectivity index (χ0) is 12.8. The fourth-order valence-electron chi connectivity index (χ4n) is 2.51. The van der Waals surface area contributed by atoms with E-state index in [0.29, 0.717) is 11.6 Å². The molecule has 1 aromatic carbocycles. The highest BCUT2D eigenvalue weighted by Gasteiger charge is 2.11. The van der Waals surface area contributed by atoms with Gasteiger partial charge in [-0.3, -0.25) is 0 Å². The van der Waals surface area contributed by atoms with Crippen molar-refractivity contribution in [1.29, 1.82) is 0 Å². The summed E-state index contributed by atoms with van der Waals surface area (Å²) in [6, 6.07) is 7.77. The second-order valence-corrected chi connectivity index (χ2v) is 5.07. The SMILES string of the molecule is O=C(O)c1ccc(CNC2CCCCCC2)cc1.[Cl-]. The van der Waals surface area contributed by atoms with Gasteiger partial charge in [0.2, 0.25) is 0 Å². The van der Waals surface area contributed by atoms with E-state index in [2.05, 4.69) is 5.32 Å². The van der Waals surface area contributed by atoms with Crippen molar-refractivity contribution in [2.45, 2.75) is 51.1 Å². The Labute approximate surface area is 120 Å². The lowest BCUT2D eigenvalue weighted by atomic mass is 10.1. The molecule has 0 unspecified atom stereocenters. The van der Waals surface area contributed by atoms with Crippen LogP contribution in [0.15, 0.2) is 24.3 Å². The molecule has 0 saturated heterocycles. The first-order chi connectivity index (χ1) is 8.75. The van der Waals surface area contributed by atoms with Gasteiger partial charge in [-0.05, 0) is 30.5 Å². The zero-order valence-electron chi connectivity index (χ0n) is 11.1. The topological polar surface area (TPSA) is 49.3 Å². The highest BCUT2D eigenvalue weighted by atomic mass is 35.5. The Morgan fingerprint density at radius 1 is 1.11 bits per heavy atom. The Bertz CT molecular complexity index is 384. The summed E-state index contributed by atoms with van der Waals surface area (Å²) in [4.78, 5) is 10.7. The third-order valence-corrected chi connectivity index (χ3v) is 3.65. The van der Waals surface area contributed by atoms with Gasteiger partial charge in [0.1, 0.15) is 0 Å². The fourth-order valence-corrected chi connectivity index (χ4v) is 2.51. The number of halogens is 1. The Hall–Kier alpha value is -1.06. The predicted octanol–water partition coefficient (Wildman–Crippen LogP) is 0.201. The monoisotopic (exact) mass is 282 g/mol. The van der Waals surface area contributed by atoms with Crippen LogP contribution in [-0.4, -0.2) is 17.1 Å². The van der Waals surface area contributed by atoms with Crippen LogP contribution in [0, 0.1) is 0 Å². The summed E-state index contributed by atoms with van der Waals surface area (Å²) >= 11 is 0. The van der Waals surface area contributed by atoms with Gasteiger partial charge in [0.05, 0.1) is 5.56 Å². The molecule has 1 aromatic rings. The largest absolute Gasteiger partial charge is 1.00 e. The smallest absolute Gasteiger partial charge is 0.335 e. The van der Waals surface area contributed by atoms with Crippen LogP contribution in [0.2, 0.25) is 0 Å². The van der Waals surface area contributed by atoms with E-state index in [1.54, 1.807) is 12.1 Å². The maximum Gasteiger partial charge on any atom is 0.335 e. The van der Waals surface area contributed by atoms with E-state index in [0.717, 1.165) is 12.1 Å². The fraction of sp³-hybridized carbons (Fsp3) is 0.533. The molecule has 1 fully saturated rings. The summed E-state index contributed by atoms with van der Waals surface area (Å²) in [5.74, 6) is -0.863. The molecule has 2 N–H and O–H groups in total. The quantitative estimate of drug-likeness (QED) is 0.776. The molecule has 0 aromatic heterocycles. The van der Waals surface area contributed by atoms with Gasteiger partial charge < -0.3 is 22.8 Å². The molecule has 3 nitrogen and oxygen atoms in total. The highest BCUT2D eigenvalue weighted by Crippen LogP contribution is 2.17. The van der Waals surface area contributed by atoms with Gasteiger partial charge >= 0.3 is 5.97 Å². The summed E-state index contributed by atoms with van der Waals surface area (Å²) < 4.78 is 0. The van der Waals surface area contributed by atoms with Crippen LogP contribution in [0.4, 0.5) is 0 Å². The van der Waals surface area contributed by atoms with Gasteiger partial charge in [-0.2, -0.15) is 0 Å². The van der Waals surface area contributed by atoms with Crippen molar-refractivity contribution in [2.75, 3.05) is 0 Å². The van der Waals surface area contributed by atoms with Crippen molar-refractivity contribution in [3.8, 4) is 0 Å². The molecular weight excluding hydrogens is 262 g/mol. The van der Waals surface area contributed by atoms with Crippen LogP contribution in [-0.2, 0) is 6.54 Å². The number of nitrogens with one attached hydrogen (secondary N) is 1. The molecule has 1 saturated carbocycles. The Morgan fingerprint density at radius 2 is 1.68 bits per heavy atom. The number of hydrogen-bond donors (Lipinski definition) is 2. The summed E-state index contributed by atoms with van der Waals surface area (Å²) in [6.07, 6.45) is 7.93. The molecule has 1 aliphatic carbocycles. The Balaban J connectivity index is 0.00000180. The van der Waals surface area contributed by atoms with Crippen molar-refractivity contribution >= 4 is 5.97 Å². The first kappa shape index (κ1) is 16.0. The van der Waals surface area contributed by atoms with E-state index in [9.17, 15) is 4.79 Å². The molecule has 0 amide bonds. The van der Waals surface area contributed by atoms with Crippen LogP contribution < -0.4 is 17.7 Å². The van der Waals surface area contributed by atoms with E-state index in [1.165, 1.54) is 38.5 Å². The molecule has 2 rings (SSSR count). The van der Waals surface area contributed by atoms with Crippen LogP contribution in [0.1, 0.15) is 54.4 Å². The second kappa shape index (κ2) is 8.18. The first-order valence-electron chi connectivity index (χ1n) is 6.81. The van der Waals surface area contributed by atoms with Crippen molar-refractivity contribution in [1.82, 2.24) is 5.32 Å². The summed E-state index contributed by atoms with van der Waals surface area (Å²) in [6.45, 7) is 0.838. The lowest BCUT2D eigenvalue weighted by Crippen LogP contribution is -3.00. The minimum absolute atomic E-state index is 0. The number of carboxylic acids is 1. The summed E-state index contributed by atoms with van der Waals surface area (Å²) in [5, 5.41) is 12.4. The van der Waals surface area contributed by atoms with Crippen molar-refractivity contribution in [3.63, 3.8) is 0 Å². The average molecular weight is 283 g/mol. The maximum atomic E-state index is 10.7. The summed E-state index contributed by atoms with van der Waals surface area (Å²) in [7, 11) is 0. The molecule has 0 atom stereocenters. The third kappa shape index (κ3) is 5.21. The third-order valence-electron chi connectivity index (χ3n) is 3.65. The van der Waals surface area contributed by atoms with E-state index < -0.39 is 5.97 Å². The molecule has 0 aliphatic heterocycles. The van der Waals surface area contributed by atoms with Crippen molar-refractivity contribution in [3.05, 3.63) is 35.4 Å². The standard InChI is InChI=1S/C15H21NO2.ClH/c17-15(18)13-9-7-12(8-10-13)11-16-14-5-3-1-2-4-6-14;/h7-10,14,16H,1-6,11H2,(H,17,18);1H/p-1. The Kier molecular flexibility index (Phi) is 6.89. The zero-order valence-corrected chi connectivity index (χ0v) is 11.8. The molecule has 0 spiro atoms. The molecule has 0 radical (unpaired) electrons. The molecule has 0 heterocycles. The average Bonchev–Trinajstić information content (AvgIpc) is 2.65. The molecular formula is C15H21ClNO2-. The number of aromatic carboxylic acids is 1. The maximum absolute atomic E-state index is 10.7. The van der Waals surface area contributed by atoms with E-state index in [-0.39, 0.29) is 12.4 Å². The summed E-state index contributed by atoms with van der Waals surface area (Å²) in [5.41, 5.74) is 1.51. The van der Waals surface area contributed by atoms with Gasteiger partial charge in [0, 0.05) is 12.6 Å². The molecule has 4 heteroatoms. The number of hydrogen-bond acceptors (Lipinski definition) is 2. The molecule has 106 valence electrons. The van der Waals surface area contributed by atoms with Gasteiger partial charge in [-0.25, -0.2) is 4.79 Å². The van der Waals surface area contributed by atoms with Crippen LogP contribution in [0.5, 0.6) is 0 Å². The van der Waals surface area contributed by atoms with Crippen LogP contribution >= 0.6 is 0 Å². The highest BCUT2D eigenvalue weighted by molar-refractivity contribution is 5.87. The van der Waals surface area contributed by atoms with Gasteiger partial charge in [-0.15, -0.1) is 0 Å². The number of carboxylic acid groups (broad SMARTS) is 1. The Morgan fingerprint density at radius 3 is 2.21 bits per heavy atom. The number of benzene rings is 1. The van der Waals surface area contributed by atoms with E-state index >= 15 is 0 Å². The normalized spacial score (nSPS) is 16.4. The molecule has 19 heavy (non-hydrogen) atoms. The predicted molar refractivity (Wildman–Crippen MR) is 71.7 cm³/mol. The lowest BCUT2D eigenvalue weighted by molar-refractivity contribution is -0.0000194. The first-order valence-corrected chi connectivity index (χ1v) is 6.81. The van der Waals surface area contributed by atoms with Crippen LogP contribution in [0.25, 0.3) is 0 Å². The number of rotatable bonds is 4. The minimum atomic E-state index is -0.863. The van der Waals surface area contributed by atoms with Gasteiger partial charge in [-0.1, -0.05) is 37.8 Å². The van der Waals surface area contributed by atoms with Crippen LogP contribution in [0.3, 0.4) is 0 Å². The lowest BCUT2D eigenvalue weighted by Gasteiger charge is -2.16. The second-order valence-electron chi connectivity index (χ2n) is 5.07. The van der Waals surface area contributed by atoms with E-state index in [4.69, 9.17) is 5.11 Å². The van der Waals surface area contributed by atoms with Crippen molar-refractivity contribution < 1.29 is 22.3 Å². The van der Waals surface area contributed by atoms with E-state index in [1.807, 2.05) is 12.1 Å². The van der Waals surface area contributed by atoms with Gasteiger partial charge in [0.15, 0.2) is 0 Å². The molecule has 0 bridgehead atoms. The van der Waals surface area contributed by atoms with Crippen molar-refractivity contribution in [2.24, 2.45) is 0 Å². The number of carbonyl (C=O) groups is 1. The minimum Gasteiger partial charge on any atom is -1.00 e. The molecule has 1 aliphatic rings.